The van der Waals surface area contributed by atoms with Gasteiger partial charge in [0.05, 0.1) is 0 Å². The Hall–Kier alpha value is -3.40. The molecule has 3 aromatic carbocycles. The van der Waals surface area contributed by atoms with E-state index in [2.05, 4.69) is 22.8 Å². The van der Waals surface area contributed by atoms with Gasteiger partial charge in [-0.2, -0.15) is 0 Å². The van der Waals surface area contributed by atoms with E-state index in [1.54, 1.807) is 24.3 Å². The molecule has 0 unspecified atom stereocenters. The zero-order valence-electron chi connectivity index (χ0n) is 15.0. The third-order valence-corrected chi connectivity index (χ3v) is 4.19. The van der Waals surface area contributed by atoms with Crippen molar-refractivity contribution in [1.82, 2.24) is 5.32 Å². The number of hydrogen-bond acceptors (Lipinski definition) is 2. The SMILES string of the molecule is O=C(NCCCc1ccccc1)c1cccc(C(=O)Nc2ccccc2)c1. The maximum Gasteiger partial charge on any atom is 0.255 e. The summed E-state index contributed by atoms with van der Waals surface area (Å²) in [6.07, 6.45) is 1.78. The van der Waals surface area contributed by atoms with E-state index in [1.807, 2.05) is 48.5 Å². The summed E-state index contributed by atoms with van der Waals surface area (Å²) in [7, 11) is 0. The highest BCUT2D eigenvalue weighted by Crippen LogP contribution is 2.11. The molecule has 0 aromatic heterocycles. The fourth-order valence-electron chi connectivity index (χ4n) is 2.77. The van der Waals surface area contributed by atoms with E-state index >= 15 is 0 Å². The van der Waals surface area contributed by atoms with Crippen LogP contribution in [0.4, 0.5) is 5.69 Å². The van der Waals surface area contributed by atoms with Gasteiger partial charge >= 0.3 is 0 Å². The Kier molecular flexibility index (Phi) is 6.36. The van der Waals surface area contributed by atoms with E-state index in [0.717, 1.165) is 18.5 Å². The number of carbonyl (C=O) groups is 2. The highest BCUT2D eigenvalue weighted by atomic mass is 16.2. The molecule has 0 aliphatic carbocycles. The van der Waals surface area contributed by atoms with Gasteiger partial charge in [-0.1, -0.05) is 54.6 Å². The first-order chi connectivity index (χ1) is 13.2. The van der Waals surface area contributed by atoms with E-state index < -0.39 is 0 Å². The second-order valence-corrected chi connectivity index (χ2v) is 6.25. The molecule has 0 fully saturated rings. The minimum atomic E-state index is -0.236. The quantitative estimate of drug-likeness (QED) is 0.619. The molecule has 3 rings (SSSR count). The van der Waals surface area contributed by atoms with Crippen molar-refractivity contribution in [3.8, 4) is 0 Å². The number of nitrogens with one attached hydrogen (secondary N) is 2. The lowest BCUT2D eigenvalue weighted by Gasteiger charge is -2.08. The van der Waals surface area contributed by atoms with Gasteiger partial charge in [0.2, 0.25) is 0 Å². The van der Waals surface area contributed by atoms with Crippen LogP contribution in [0.5, 0.6) is 0 Å². The normalized spacial score (nSPS) is 10.2. The van der Waals surface area contributed by atoms with Crippen LogP contribution in [0.25, 0.3) is 0 Å². The number of amides is 2. The molecule has 0 radical (unpaired) electrons. The first kappa shape index (κ1) is 18.4. The van der Waals surface area contributed by atoms with Crippen molar-refractivity contribution < 1.29 is 9.59 Å². The standard InChI is InChI=1S/C23H22N2O2/c26-22(24-16-8-11-18-9-3-1-4-10-18)19-12-7-13-20(17-19)23(27)25-21-14-5-2-6-15-21/h1-7,9-10,12-15,17H,8,11,16H2,(H,24,26)(H,25,27). The maximum atomic E-state index is 12.4. The number of rotatable bonds is 7. The summed E-state index contributed by atoms with van der Waals surface area (Å²) >= 11 is 0. The number of benzene rings is 3. The topological polar surface area (TPSA) is 58.2 Å². The lowest BCUT2D eigenvalue weighted by atomic mass is 10.1. The van der Waals surface area contributed by atoms with E-state index in [-0.39, 0.29) is 11.8 Å². The second kappa shape index (κ2) is 9.34. The Bertz CT molecular complexity index is 893. The average molecular weight is 358 g/mol. The fraction of sp³-hybridized carbons (Fsp3) is 0.130. The molecule has 27 heavy (non-hydrogen) atoms. The molecule has 0 bridgehead atoms. The Morgan fingerprint density at radius 2 is 1.33 bits per heavy atom. The second-order valence-electron chi connectivity index (χ2n) is 6.25. The van der Waals surface area contributed by atoms with Crippen molar-refractivity contribution in [3.63, 3.8) is 0 Å². The number of para-hydroxylation sites is 1. The Labute approximate surface area is 159 Å². The molecule has 2 N–H and O–H groups in total. The highest BCUT2D eigenvalue weighted by molar-refractivity contribution is 6.06. The fourth-order valence-corrected chi connectivity index (χ4v) is 2.77. The Morgan fingerprint density at radius 3 is 2.04 bits per heavy atom. The first-order valence-corrected chi connectivity index (χ1v) is 9.01. The molecule has 2 amide bonds. The number of carbonyl (C=O) groups excluding carboxylic acids is 2. The van der Waals surface area contributed by atoms with Crippen LogP contribution in [-0.4, -0.2) is 18.4 Å². The van der Waals surface area contributed by atoms with Gasteiger partial charge in [0.1, 0.15) is 0 Å². The van der Waals surface area contributed by atoms with Crippen LogP contribution < -0.4 is 10.6 Å². The van der Waals surface area contributed by atoms with E-state index in [9.17, 15) is 9.59 Å². The molecule has 0 saturated heterocycles. The molecular formula is C23H22N2O2. The average Bonchev–Trinajstić information content (AvgIpc) is 2.72. The zero-order valence-corrected chi connectivity index (χ0v) is 15.0. The molecule has 0 saturated carbocycles. The van der Waals surface area contributed by atoms with Crippen molar-refractivity contribution in [2.24, 2.45) is 0 Å². The smallest absolute Gasteiger partial charge is 0.255 e. The van der Waals surface area contributed by atoms with Crippen LogP contribution in [0, 0.1) is 0 Å². The minimum absolute atomic E-state index is 0.169. The summed E-state index contributed by atoms with van der Waals surface area (Å²) in [4.78, 5) is 24.7. The van der Waals surface area contributed by atoms with Gasteiger partial charge in [-0.05, 0) is 48.7 Å². The summed E-state index contributed by atoms with van der Waals surface area (Å²) in [6.45, 7) is 0.591. The predicted octanol–water partition coefficient (Wildman–Crippen LogP) is 4.30. The van der Waals surface area contributed by atoms with Crippen molar-refractivity contribution in [1.29, 1.82) is 0 Å². The van der Waals surface area contributed by atoms with Crippen LogP contribution in [0.15, 0.2) is 84.9 Å². The molecule has 0 aliphatic heterocycles. The molecule has 136 valence electrons. The number of anilines is 1. The van der Waals surface area contributed by atoms with Crippen LogP contribution in [0.2, 0.25) is 0 Å². The van der Waals surface area contributed by atoms with Gasteiger partial charge in [0, 0.05) is 23.4 Å². The summed E-state index contributed by atoms with van der Waals surface area (Å²) in [5.41, 5.74) is 2.91. The van der Waals surface area contributed by atoms with Crippen molar-refractivity contribution in [2.75, 3.05) is 11.9 Å². The Morgan fingerprint density at radius 1 is 0.704 bits per heavy atom. The molecule has 0 heterocycles. The van der Waals surface area contributed by atoms with Crippen molar-refractivity contribution in [3.05, 3.63) is 102 Å². The van der Waals surface area contributed by atoms with Gasteiger partial charge < -0.3 is 10.6 Å². The molecular weight excluding hydrogens is 336 g/mol. The summed E-state index contributed by atoms with van der Waals surface area (Å²) < 4.78 is 0. The van der Waals surface area contributed by atoms with Gasteiger partial charge in [-0.25, -0.2) is 0 Å². The molecule has 0 aliphatic rings. The summed E-state index contributed by atoms with van der Waals surface area (Å²) in [5, 5.41) is 5.74. The number of hydrogen-bond donors (Lipinski definition) is 2. The van der Waals surface area contributed by atoms with Gasteiger partial charge in [0.15, 0.2) is 0 Å². The van der Waals surface area contributed by atoms with Crippen LogP contribution >= 0.6 is 0 Å². The van der Waals surface area contributed by atoms with E-state index in [0.29, 0.717) is 17.7 Å². The summed E-state index contributed by atoms with van der Waals surface area (Å²) in [5.74, 6) is -0.405. The lowest BCUT2D eigenvalue weighted by Crippen LogP contribution is -2.25. The number of aryl methyl sites for hydroxylation is 1. The third-order valence-electron chi connectivity index (χ3n) is 4.19. The van der Waals surface area contributed by atoms with Gasteiger partial charge in [0.25, 0.3) is 11.8 Å². The van der Waals surface area contributed by atoms with E-state index in [1.165, 1.54) is 5.56 Å². The monoisotopic (exact) mass is 358 g/mol. The molecule has 3 aromatic rings. The highest BCUT2D eigenvalue weighted by Gasteiger charge is 2.10. The van der Waals surface area contributed by atoms with Crippen LogP contribution in [-0.2, 0) is 6.42 Å². The van der Waals surface area contributed by atoms with E-state index in [4.69, 9.17) is 0 Å². The Balaban J connectivity index is 1.53. The molecule has 4 heteroatoms. The first-order valence-electron chi connectivity index (χ1n) is 9.01. The zero-order chi connectivity index (χ0) is 18.9. The molecule has 0 atom stereocenters. The van der Waals surface area contributed by atoms with Gasteiger partial charge in [-0.3, -0.25) is 9.59 Å². The minimum Gasteiger partial charge on any atom is -0.352 e. The summed E-state index contributed by atoms with van der Waals surface area (Å²) in [6, 6.07) is 26.2. The lowest BCUT2D eigenvalue weighted by molar-refractivity contribution is 0.0953. The van der Waals surface area contributed by atoms with Gasteiger partial charge in [-0.15, -0.1) is 0 Å². The molecule has 4 nitrogen and oxygen atoms in total. The van der Waals surface area contributed by atoms with Crippen LogP contribution in [0.1, 0.15) is 32.7 Å². The molecule has 0 spiro atoms. The maximum absolute atomic E-state index is 12.4. The largest absolute Gasteiger partial charge is 0.352 e. The van der Waals surface area contributed by atoms with Crippen molar-refractivity contribution >= 4 is 17.5 Å². The van der Waals surface area contributed by atoms with Crippen molar-refractivity contribution in [2.45, 2.75) is 12.8 Å². The third kappa shape index (κ3) is 5.54. The predicted molar refractivity (Wildman–Crippen MR) is 108 cm³/mol. The van der Waals surface area contributed by atoms with Crippen LogP contribution in [0.3, 0.4) is 0 Å².